The molecule has 86 valence electrons. The molecule has 0 aliphatic carbocycles. The van der Waals surface area contributed by atoms with E-state index in [1.165, 1.54) is 0 Å². The number of likely N-dealkylation sites (N-methyl/N-ethyl adjacent to an activating group) is 1. The Morgan fingerprint density at radius 2 is 2.19 bits per heavy atom. The van der Waals surface area contributed by atoms with Crippen molar-refractivity contribution in [3.8, 4) is 0 Å². The van der Waals surface area contributed by atoms with E-state index in [1.807, 2.05) is 36.2 Å². The molecule has 0 N–H and O–H groups in total. The van der Waals surface area contributed by atoms with Gasteiger partial charge in [-0.15, -0.1) is 0 Å². The molecular weight excluding hydrogens is 202 g/mol. The molecule has 1 aromatic rings. The van der Waals surface area contributed by atoms with Crippen LogP contribution in [-0.4, -0.2) is 26.2 Å². The van der Waals surface area contributed by atoms with Crippen LogP contribution >= 0.6 is 0 Å². The van der Waals surface area contributed by atoms with Gasteiger partial charge in [0.05, 0.1) is 6.54 Å². The largest absolute Gasteiger partial charge is 0.464 e. The number of hydrogen-bond donors (Lipinski definition) is 0. The summed E-state index contributed by atoms with van der Waals surface area (Å²) in [6, 6.07) is 10.6. The lowest BCUT2D eigenvalue weighted by Gasteiger charge is -2.18. The molecule has 0 amide bonds. The fourth-order valence-corrected chi connectivity index (χ4v) is 1.27. The van der Waals surface area contributed by atoms with Gasteiger partial charge in [-0.1, -0.05) is 19.1 Å². The molecule has 0 unspecified atom stereocenters. The number of rotatable bonds is 6. The highest BCUT2D eigenvalue weighted by molar-refractivity contribution is 5.69. The summed E-state index contributed by atoms with van der Waals surface area (Å²) in [6.45, 7) is 4.70. The van der Waals surface area contributed by atoms with E-state index in [2.05, 4.69) is 13.0 Å². The summed E-state index contributed by atoms with van der Waals surface area (Å²) in [6.07, 6.45) is 0.979. The number of nitrogens with zero attached hydrogens (tertiary/aromatic N) is 1. The van der Waals surface area contributed by atoms with E-state index in [1.54, 1.807) is 0 Å². The van der Waals surface area contributed by atoms with Crippen molar-refractivity contribution < 1.29 is 9.53 Å². The molecule has 0 saturated carbocycles. The Balaban J connectivity index is 2.26. The molecule has 0 aliphatic rings. The van der Waals surface area contributed by atoms with Crippen LogP contribution < -0.4 is 4.90 Å². The van der Waals surface area contributed by atoms with Crippen LogP contribution in [0.25, 0.3) is 0 Å². The van der Waals surface area contributed by atoms with E-state index in [4.69, 9.17) is 4.74 Å². The van der Waals surface area contributed by atoms with Crippen molar-refractivity contribution >= 4 is 11.7 Å². The summed E-state index contributed by atoms with van der Waals surface area (Å²) < 4.78 is 5.05. The number of hydrogen-bond acceptors (Lipinski definition) is 3. The lowest BCUT2D eigenvalue weighted by Crippen LogP contribution is -2.23. The van der Waals surface area contributed by atoms with E-state index in [0.717, 1.165) is 5.69 Å². The van der Waals surface area contributed by atoms with Crippen molar-refractivity contribution in [1.82, 2.24) is 0 Å². The Morgan fingerprint density at radius 3 is 2.81 bits per heavy atom. The second-order valence-electron chi connectivity index (χ2n) is 3.50. The number of carbonyl (C=O) groups excluding carboxylic acids is 1. The minimum Gasteiger partial charge on any atom is -0.464 e. The summed E-state index contributed by atoms with van der Waals surface area (Å²) in [4.78, 5) is 13.1. The fourth-order valence-electron chi connectivity index (χ4n) is 1.27. The van der Waals surface area contributed by atoms with Crippen LogP contribution in [0, 0.1) is 13.0 Å². The lowest BCUT2D eigenvalue weighted by atomic mass is 10.3. The van der Waals surface area contributed by atoms with E-state index in [-0.39, 0.29) is 5.97 Å². The first kappa shape index (κ1) is 12.6. The van der Waals surface area contributed by atoms with Crippen LogP contribution in [0.3, 0.4) is 0 Å². The standard InChI is InChI=1S/C13H17NO2/c1-3-7-13(15)16-11-10-14(2)12-8-5-4-6-9-12/h5-6,8-9H,1,3,7,10-11H2,2H3. The molecule has 3 nitrogen and oxygen atoms in total. The van der Waals surface area contributed by atoms with Gasteiger partial charge >= 0.3 is 5.97 Å². The van der Waals surface area contributed by atoms with Gasteiger partial charge in [-0.2, -0.15) is 0 Å². The minimum atomic E-state index is -0.176. The highest BCUT2D eigenvalue weighted by Gasteiger charge is 2.03. The van der Waals surface area contributed by atoms with Crippen LogP contribution in [0.4, 0.5) is 5.69 Å². The molecule has 0 atom stereocenters. The molecule has 0 aromatic heterocycles. The molecule has 3 heteroatoms. The third-order valence-electron chi connectivity index (χ3n) is 2.21. The van der Waals surface area contributed by atoms with Gasteiger partial charge in [0, 0.05) is 19.2 Å². The van der Waals surface area contributed by atoms with Gasteiger partial charge < -0.3 is 9.64 Å². The molecule has 1 rings (SSSR count). The van der Waals surface area contributed by atoms with Crippen molar-refractivity contribution in [1.29, 1.82) is 0 Å². The van der Waals surface area contributed by atoms with E-state index < -0.39 is 0 Å². The van der Waals surface area contributed by atoms with Crippen LogP contribution in [-0.2, 0) is 9.53 Å². The van der Waals surface area contributed by atoms with Crippen LogP contribution in [0.2, 0.25) is 0 Å². The van der Waals surface area contributed by atoms with E-state index >= 15 is 0 Å². The van der Waals surface area contributed by atoms with Crippen molar-refractivity contribution in [2.45, 2.75) is 12.8 Å². The third kappa shape index (κ3) is 4.34. The Bertz CT molecular complexity index is 311. The SMILES string of the molecule is [CH2]CCC(=O)OCCN(C)c1cc[c]cc1. The second-order valence-corrected chi connectivity index (χ2v) is 3.50. The maximum Gasteiger partial charge on any atom is 0.305 e. The zero-order valence-electron chi connectivity index (χ0n) is 9.61. The maximum atomic E-state index is 11.1. The molecule has 0 fully saturated rings. The third-order valence-corrected chi connectivity index (χ3v) is 2.21. The number of carbonyl (C=O) groups is 1. The van der Waals surface area contributed by atoms with Crippen LogP contribution in [0.1, 0.15) is 12.8 Å². The molecule has 0 spiro atoms. The molecule has 2 radical (unpaired) electrons. The molecule has 0 bridgehead atoms. The van der Waals surface area contributed by atoms with Crippen molar-refractivity contribution in [3.05, 3.63) is 37.3 Å². The Labute approximate surface area is 97.0 Å². The number of ether oxygens (including phenoxy) is 1. The molecule has 0 aliphatic heterocycles. The van der Waals surface area contributed by atoms with E-state index in [0.29, 0.717) is 26.0 Å². The predicted molar refractivity (Wildman–Crippen MR) is 64.1 cm³/mol. The molecule has 0 heterocycles. The van der Waals surface area contributed by atoms with Gasteiger partial charge in [-0.25, -0.2) is 0 Å². The van der Waals surface area contributed by atoms with Crippen molar-refractivity contribution in [2.75, 3.05) is 25.1 Å². The summed E-state index contributed by atoms with van der Waals surface area (Å²) in [5.41, 5.74) is 1.09. The van der Waals surface area contributed by atoms with Gasteiger partial charge in [0.25, 0.3) is 0 Å². The summed E-state index contributed by atoms with van der Waals surface area (Å²) in [7, 11) is 1.96. The number of anilines is 1. The summed E-state index contributed by atoms with van der Waals surface area (Å²) in [5.74, 6) is -0.176. The quantitative estimate of drug-likeness (QED) is 0.686. The summed E-state index contributed by atoms with van der Waals surface area (Å²) in [5, 5.41) is 0. The van der Waals surface area contributed by atoms with Gasteiger partial charge in [0.1, 0.15) is 6.61 Å². The number of benzene rings is 1. The molecule has 16 heavy (non-hydrogen) atoms. The minimum absolute atomic E-state index is 0.176. The Morgan fingerprint density at radius 1 is 1.50 bits per heavy atom. The first-order valence-electron chi connectivity index (χ1n) is 5.36. The Hall–Kier alpha value is -1.51. The van der Waals surface area contributed by atoms with Crippen LogP contribution in [0.5, 0.6) is 0 Å². The highest BCUT2D eigenvalue weighted by atomic mass is 16.5. The monoisotopic (exact) mass is 219 g/mol. The molecule has 1 aromatic carbocycles. The summed E-state index contributed by atoms with van der Waals surface area (Å²) >= 11 is 0. The van der Waals surface area contributed by atoms with Gasteiger partial charge in [-0.3, -0.25) is 4.79 Å². The van der Waals surface area contributed by atoms with Crippen molar-refractivity contribution in [2.24, 2.45) is 0 Å². The second kappa shape index (κ2) is 6.88. The average Bonchev–Trinajstić information content (AvgIpc) is 2.30. The zero-order valence-corrected chi connectivity index (χ0v) is 9.61. The fraction of sp³-hybridized carbons (Fsp3) is 0.385. The molecular formula is C13H17NO2. The smallest absolute Gasteiger partial charge is 0.305 e. The lowest BCUT2D eigenvalue weighted by molar-refractivity contribution is -0.143. The van der Waals surface area contributed by atoms with Crippen molar-refractivity contribution in [3.63, 3.8) is 0 Å². The molecule has 0 saturated heterocycles. The topological polar surface area (TPSA) is 29.5 Å². The van der Waals surface area contributed by atoms with Gasteiger partial charge in [0.2, 0.25) is 0 Å². The zero-order chi connectivity index (χ0) is 11.8. The Kier molecular flexibility index (Phi) is 5.40. The first-order chi connectivity index (χ1) is 7.74. The average molecular weight is 219 g/mol. The van der Waals surface area contributed by atoms with Crippen LogP contribution in [0.15, 0.2) is 24.3 Å². The van der Waals surface area contributed by atoms with Gasteiger partial charge in [-0.05, 0) is 24.6 Å². The maximum absolute atomic E-state index is 11.1. The van der Waals surface area contributed by atoms with Gasteiger partial charge in [0.15, 0.2) is 0 Å². The first-order valence-corrected chi connectivity index (χ1v) is 5.36. The normalized spacial score (nSPS) is 9.88. The number of esters is 1. The predicted octanol–water partition coefficient (Wildman–Crippen LogP) is 2.08. The highest BCUT2D eigenvalue weighted by Crippen LogP contribution is 2.09. The van der Waals surface area contributed by atoms with E-state index in [9.17, 15) is 4.79 Å².